The summed E-state index contributed by atoms with van der Waals surface area (Å²) >= 11 is 0. The third-order valence-corrected chi connectivity index (χ3v) is 9.58. The van der Waals surface area contributed by atoms with Crippen molar-refractivity contribution in [3.05, 3.63) is 79.0 Å². The number of aromatic nitrogens is 12. The Balaban J connectivity index is 0.000000239. The van der Waals surface area contributed by atoms with Crippen LogP contribution in [-0.4, -0.2) is 86.9 Å². The fourth-order valence-electron chi connectivity index (χ4n) is 6.26. The molecule has 0 spiro atoms. The molecular formula is C33H34F4N14O7. The molecule has 2 N–H and O–H groups in total. The van der Waals surface area contributed by atoms with Gasteiger partial charge in [-0.25, -0.2) is 53.4 Å². The molecule has 58 heavy (non-hydrogen) atoms. The highest BCUT2D eigenvalue weighted by atomic mass is 19.3. The minimum Gasteiger partial charge on any atom is -0.480 e. The van der Waals surface area contributed by atoms with Gasteiger partial charge < -0.3 is 24.5 Å². The average Bonchev–Trinajstić information content (AvgIpc) is 3.94. The molecule has 0 radical (unpaired) electrons. The number of hydrogen-bond donors (Lipinski definition) is 2. The van der Waals surface area contributed by atoms with E-state index in [2.05, 4.69) is 47.0 Å². The number of alkyl halides is 4. The predicted molar refractivity (Wildman–Crippen MR) is 196 cm³/mol. The van der Waals surface area contributed by atoms with Crippen LogP contribution in [0.25, 0.3) is 33.7 Å². The molecule has 6 aromatic heterocycles. The molecule has 0 aliphatic carbocycles. The van der Waals surface area contributed by atoms with Gasteiger partial charge in [-0.15, -0.1) is 0 Å². The number of carboxylic acids is 1. The highest BCUT2D eigenvalue weighted by Crippen LogP contribution is 2.24. The Morgan fingerprint density at radius 1 is 0.810 bits per heavy atom. The molecular weight excluding hydrogens is 780 g/mol. The molecule has 7 rings (SSSR count). The first-order valence-corrected chi connectivity index (χ1v) is 17.3. The zero-order valence-corrected chi connectivity index (χ0v) is 31.2. The molecule has 1 fully saturated rings. The average molecular weight is 815 g/mol. The van der Waals surface area contributed by atoms with Gasteiger partial charge in [-0.05, 0) is 39.7 Å². The van der Waals surface area contributed by atoms with Gasteiger partial charge in [-0.1, -0.05) is 0 Å². The van der Waals surface area contributed by atoms with Gasteiger partial charge in [-0.2, -0.15) is 17.6 Å². The molecule has 25 heteroatoms. The highest BCUT2D eigenvalue weighted by molar-refractivity contribution is 5.93. The fourth-order valence-corrected chi connectivity index (χ4v) is 6.26. The number of anilines is 2. The first-order chi connectivity index (χ1) is 27.4. The van der Waals surface area contributed by atoms with E-state index in [0.717, 1.165) is 55.3 Å². The minimum atomic E-state index is -3.22. The minimum absolute atomic E-state index is 0.0435. The molecule has 306 valence electrons. The fraction of sp³-hybridized carbons (Fsp3) is 0.394. The summed E-state index contributed by atoms with van der Waals surface area (Å²) in [7, 11) is 2.11. The Morgan fingerprint density at radius 3 is 1.79 bits per heavy atom. The van der Waals surface area contributed by atoms with E-state index in [-0.39, 0.29) is 26.0 Å². The second-order valence-corrected chi connectivity index (χ2v) is 13.1. The number of aliphatic carboxylic acids is 1. The Kier molecular flexibility index (Phi) is 11.1. The Morgan fingerprint density at radius 2 is 1.33 bits per heavy atom. The second kappa shape index (κ2) is 15.8. The van der Waals surface area contributed by atoms with Crippen LogP contribution < -0.4 is 32.7 Å². The number of carbonyl (C=O) groups is 2. The van der Waals surface area contributed by atoms with Crippen LogP contribution in [0.4, 0.5) is 29.3 Å². The van der Waals surface area contributed by atoms with E-state index in [9.17, 15) is 46.3 Å². The van der Waals surface area contributed by atoms with Gasteiger partial charge in [0.1, 0.15) is 17.9 Å². The molecule has 7 heterocycles. The molecule has 0 aromatic carbocycles. The number of carbonyl (C=O) groups excluding carboxylic acids is 1. The van der Waals surface area contributed by atoms with E-state index in [1.54, 1.807) is 12.4 Å². The molecule has 1 aliphatic heterocycles. The molecule has 21 nitrogen and oxygen atoms in total. The van der Waals surface area contributed by atoms with Crippen molar-refractivity contribution in [2.24, 2.45) is 14.1 Å². The van der Waals surface area contributed by atoms with Crippen LogP contribution in [-0.2, 0) is 23.7 Å². The SMILES string of the molecule is C[C@@H](C(=O)O)n1cnc2c1c(=O)n(C)c(=O)n2C(F)F.C[C@@H]1CCCN1c1ncc(-c2nccc(NC(=O)[C@H](C)n3cnc4c3c(=O)n(C)c(=O)n4C(F)F)n2)cn1. The van der Waals surface area contributed by atoms with Crippen molar-refractivity contribution in [2.45, 2.75) is 64.8 Å². The predicted octanol–water partition coefficient (Wildman–Crippen LogP) is 1.66. The van der Waals surface area contributed by atoms with Crippen molar-refractivity contribution in [1.82, 2.24) is 57.3 Å². The van der Waals surface area contributed by atoms with Gasteiger partial charge in [-0.3, -0.25) is 23.5 Å². The van der Waals surface area contributed by atoms with Gasteiger partial charge in [0.05, 0.1) is 18.2 Å². The van der Waals surface area contributed by atoms with E-state index in [4.69, 9.17) is 5.11 Å². The van der Waals surface area contributed by atoms with Gasteiger partial charge in [0.25, 0.3) is 11.1 Å². The van der Waals surface area contributed by atoms with E-state index in [1.807, 2.05) is 0 Å². The lowest BCUT2D eigenvalue weighted by Gasteiger charge is -2.20. The number of amides is 1. The van der Waals surface area contributed by atoms with E-state index in [1.165, 1.54) is 26.1 Å². The number of rotatable bonds is 9. The smallest absolute Gasteiger partial charge is 0.336 e. The standard InChI is InChI=1S/C23H24F2N10O3.C10H10F2N4O4/c1-12-5-4-8-33(12)22-27-9-14(10-28-22)17-26-7-6-15(30-17)31-19(36)13(2)34-11-29-18-16(34)20(37)32(3)23(38)35(18)21(24)25;1-4(8(18)19)15-3-13-6-5(15)7(17)14(2)10(20)16(6)9(11)12/h6-7,9-13,21H,4-5,8H2,1-3H3,(H,26,30,31,36);3-4,9H,1-2H3,(H,18,19)/t12-,13+;4-/m10/s1. The van der Waals surface area contributed by atoms with Crippen molar-refractivity contribution >= 4 is 46.0 Å². The lowest BCUT2D eigenvalue weighted by atomic mass is 10.2. The maximum Gasteiger partial charge on any atom is 0.336 e. The highest BCUT2D eigenvalue weighted by Gasteiger charge is 2.27. The van der Waals surface area contributed by atoms with Crippen LogP contribution in [0.2, 0.25) is 0 Å². The summed E-state index contributed by atoms with van der Waals surface area (Å²) in [6.07, 6.45) is 8.89. The topological polar surface area (TPSA) is 245 Å². The van der Waals surface area contributed by atoms with E-state index >= 15 is 0 Å². The number of hydrogen-bond acceptors (Lipinski definition) is 13. The van der Waals surface area contributed by atoms with Gasteiger partial charge >= 0.3 is 30.4 Å². The van der Waals surface area contributed by atoms with Crippen LogP contribution in [0.15, 0.2) is 56.5 Å². The van der Waals surface area contributed by atoms with Crippen molar-refractivity contribution in [3.8, 4) is 11.4 Å². The number of imidazole rings is 2. The number of nitrogens with zero attached hydrogens (tertiary/aromatic N) is 13. The molecule has 0 saturated carbocycles. The van der Waals surface area contributed by atoms with Crippen molar-refractivity contribution in [2.75, 3.05) is 16.8 Å². The summed E-state index contributed by atoms with van der Waals surface area (Å²) in [5.41, 5.74) is -5.32. The monoisotopic (exact) mass is 814 g/mol. The van der Waals surface area contributed by atoms with Crippen molar-refractivity contribution in [3.63, 3.8) is 0 Å². The number of carboxylic acid groups (broad SMARTS) is 1. The molecule has 6 aromatic rings. The quantitative estimate of drug-likeness (QED) is 0.197. The van der Waals surface area contributed by atoms with Crippen LogP contribution in [0.5, 0.6) is 0 Å². The number of fused-ring (bicyclic) bond motifs is 2. The molecule has 0 unspecified atom stereocenters. The summed E-state index contributed by atoms with van der Waals surface area (Å²) in [4.78, 5) is 99.4. The van der Waals surface area contributed by atoms with Gasteiger partial charge in [0, 0.05) is 45.3 Å². The molecule has 1 aliphatic rings. The molecule has 1 amide bonds. The Bertz CT molecular complexity index is 2790. The summed E-state index contributed by atoms with van der Waals surface area (Å²) < 4.78 is 56.1. The third-order valence-electron chi connectivity index (χ3n) is 9.58. The largest absolute Gasteiger partial charge is 0.480 e. The van der Waals surface area contributed by atoms with Crippen LogP contribution >= 0.6 is 0 Å². The van der Waals surface area contributed by atoms with Crippen molar-refractivity contribution in [1.29, 1.82) is 0 Å². The zero-order valence-electron chi connectivity index (χ0n) is 31.2. The summed E-state index contributed by atoms with van der Waals surface area (Å²) in [5.74, 6) is -0.764. The summed E-state index contributed by atoms with van der Waals surface area (Å²) in [6.45, 7) is -0.666. The summed E-state index contributed by atoms with van der Waals surface area (Å²) in [5, 5.41) is 11.6. The zero-order chi connectivity index (χ0) is 42.3. The first kappa shape index (κ1) is 40.6. The maximum atomic E-state index is 13.5. The van der Waals surface area contributed by atoms with Crippen molar-refractivity contribution < 1.29 is 32.3 Å². The molecule has 1 saturated heterocycles. The van der Waals surface area contributed by atoms with Gasteiger partial charge in [0.2, 0.25) is 11.9 Å². The lowest BCUT2D eigenvalue weighted by Crippen LogP contribution is -2.39. The molecule has 3 atom stereocenters. The number of halogens is 4. The summed E-state index contributed by atoms with van der Waals surface area (Å²) in [6, 6.07) is -0.390. The Hall–Kier alpha value is -7.08. The van der Waals surface area contributed by atoms with Crippen LogP contribution in [0.3, 0.4) is 0 Å². The molecule has 0 bridgehead atoms. The van der Waals surface area contributed by atoms with Crippen LogP contribution in [0.1, 0.15) is 58.8 Å². The second-order valence-electron chi connectivity index (χ2n) is 13.1. The first-order valence-electron chi connectivity index (χ1n) is 17.3. The third kappa shape index (κ3) is 7.20. The maximum absolute atomic E-state index is 13.5. The normalized spacial score (nSPS) is 15.2. The lowest BCUT2D eigenvalue weighted by molar-refractivity contribution is -0.140. The number of nitrogens with one attached hydrogen (secondary N) is 1. The van der Waals surface area contributed by atoms with Gasteiger partial charge in [0.15, 0.2) is 28.2 Å². The van der Waals surface area contributed by atoms with Crippen LogP contribution in [0, 0.1) is 0 Å². The van der Waals surface area contributed by atoms with E-state index < -0.39 is 70.9 Å². The van der Waals surface area contributed by atoms with E-state index in [0.29, 0.717) is 32.5 Å². The Labute approximate surface area is 321 Å².